The van der Waals surface area contributed by atoms with Gasteiger partial charge in [-0.3, -0.25) is 0 Å². The Labute approximate surface area is 123 Å². The topological polar surface area (TPSA) is 0 Å². The Bertz CT molecular complexity index is 492. The number of benzene rings is 2. The van der Waals surface area contributed by atoms with E-state index < -0.39 is 8.80 Å². The number of alkyl halides is 1. The van der Waals surface area contributed by atoms with Crippen molar-refractivity contribution in [1.82, 2.24) is 0 Å². The average molecular weight is 289 g/mol. The lowest BCUT2D eigenvalue weighted by atomic mass is 9.99. The van der Waals surface area contributed by atoms with E-state index in [4.69, 9.17) is 11.6 Å². The van der Waals surface area contributed by atoms with Crippen molar-refractivity contribution in [1.29, 1.82) is 0 Å². The zero-order valence-electron chi connectivity index (χ0n) is 11.6. The molecular formula is C17H21ClSi. The van der Waals surface area contributed by atoms with E-state index in [1.807, 2.05) is 0 Å². The van der Waals surface area contributed by atoms with Gasteiger partial charge in [-0.2, -0.15) is 0 Å². The van der Waals surface area contributed by atoms with Crippen LogP contribution in [0.25, 0.3) is 0 Å². The zero-order chi connectivity index (χ0) is 13.7. The first kappa shape index (κ1) is 14.4. The minimum atomic E-state index is -1.23. The van der Waals surface area contributed by atoms with E-state index in [2.05, 4.69) is 68.4 Å². The van der Waals surface area contributed by atoms with Crippen molar-refractivity contribution >= 4 is 30.8 Å². The van der Waals surface area contributed by atoms with Gasteiger partial charge in [0.15, 0.2) is 0 Å². The fraction of sp³-hybridized carbons (Fsp3) is 0.294. The first-order valence-electron chi connectivity index (χ1n) is 6.97. The zero-order valence-corrected chi connectivity index (χ0v) is 13.6. The lowest BCUT2D eigenvalue weighted by Gasteiger charge is -2.15. The first-order chi connectivity index (χ1) is 9.26. The van der Waals surface area contributed by atoms with Crippen LogP contribution >= 0.6 is 11.6 Å². The lowest BCUT2D eigenvalue weighted by molar-refractivity contribution is 0.734. The van der Waals surface area contributed by atoms with Gasteiger partial charge in [0.1, 0.15) is 8.80 Å². The van der Waals surface area contributed by atoms with Crippen molar-refractivity contribution in [2.45, 2.75) is 26.2 Å². The van der Waals surface area contributed by atoms with E-state index in [1.165, 1.54) is 22.4 Å². The molecule has 0 spiro atoms. The van der Waals surface area contributed by atoms with Gasteiger partial charge in [0, 0.05) is 5.50 Å². The van der Waals surface area contributed by atoms with E-state index in [0.717, 1.165) is 5.50 Å². The maximum atomic E-state index is 6.23. The molecule has 0 nitrogen and oxygen atoms in total. The van der Waals surface area contributed by atoms with Gasteiger partial charge in [-0.25, -0.2) is 0 Å². The third-order valence-electron chi connectivity index (χ3n) is 3.88. The number of halogens is 1. The van der Waals surface area contributed by atoms with Gasteiger partial charge < -0.3 is 0 Å². The highest BCUT2D eigenvalue weighted by Crippen LogP contribution is 2.17. The van der Waals surface area contributed by atoms with Crippen molar-refractivity contribution in [2.75, 3.05) is 5.50 Å². The molecule has 2 heteroatoms. The molecule has 0 aromatic heterocycles. The van der Waals surface area contributed by atoms with Crippen molar-refractivity contribution < 1.29 is 0 Å². The summed E-state index contributed by atoms with van der Waals surface area (Å²) in [5.41, 5.74) is 2.19. The van der Waals surface area contributed by atoms with Gasteiger partial charge in [0.25, 0.3) is 0 Å². The molecule has 0 N–H and O–H groups in total. The summed E-state index contributed by atoms with van der Waals surface area (Å²) in [7, 11) is -1.23. The van der Waals surface area contributed by atoms with Gasteiger partial charge in [-0.15, -0.1) is 11.6 Å². The molecule has 100 valence electrons. The van der Waals surface area contributed by atoms with Gasteiger partial charge >= 0.3 is 0 Å². The molecule has 0 fully saturated rings. The first-order valence-corrected chi connectivity index (χ1v) is 9.47. The standard InChI is InChI=1S/C17H21ClSi/c1-3-14(2)15-9-11-17(12-10-15)19(13-18)16-7-5-4-6-8-16/h4-12,14,19H,3,13H2,1-2H3. The number of hydrogen-bond acceptors (Lipinski definition) is 0. The van der Waals surface area contributed by atoms with Crippen LogP contribution in [-0.4, -0.2) is 14.3 Å². The Kier molecular flexibility index (Phi) is 5.23. The maximum absolute atomic E-state index is 6.23. The smallest absolute Gasteiger partial charge is 0.117 e. The van der Waals surface area contributed by atoms with Crippen LogP contribution < -0.4 is 10.4 Å². The van der Waals surface area contributed by atoms with E-state index in [-0.39, 0.29) is 0 Å². The van der Waals surface area contributed by atoms with Crippen LogP contribution in [0.15, 0.2) is 54.6 Å². The van der Waals surface area contributed by atoms with Crippen LogP contribution in [0.3, 0.4) is 0 Å². The van der Waals surface area contributed by atoms with E-state index >= 15 is 0 Å². The molecule has 0 aliphatic carbocycles. The monoisotopic (exact) mass is 288 g/mol. The molecule has 0 heterocycles. The van der Waals surface area contributed by atoms with Crippen LogP contribution in [0.2, 0.25) is 0 Å². The summed E-state index contributed by atoms with van der Waals surface area (Å²) >= 11 is 6.23. The second-order valence-electron chi connectivity index (χ2n) is 5.09. The number of hydrogen-bond donors (Lipinski definition) is 0. The molecule has 0 aliphatic heterocycles. The van der Waals surface area contributed by atoms with Crippen LogP contribution in [0.5, 0.6) is 0 Å². The summed E-state index contributed by atoms with van der Waals surface area (Å²) in [6.07, 6.45) is 1.19. The number of rotatable bonds is 5. The molecule has 0 radical (unpaired) electrons. The molecular weight excluding hydrogens is 268 g/mol. The third kappa shape index (κ3) is 3.49. The summed E-state index contributed by atoms with van der Waals surface area (Å²) in [6.45, 7) is 4.52. The van der Waals surface area contributed by atoms with Crippen molar-refractivity contribution in [2.24, 2.45) is 0 Å². The summed E-state index contributed by atoms with van der Waals surface area (Å²) < 4.78 is 0. The van der Waals surface area contributed by atoms with E-state index in [1.54, 1.807) is 0 Å². The predicted octanol–water partition coefficient (Wildman–Crippen LogP) is 3.32. The van der Waals surface area contributed by atoms with Gasteiger partial charge in [-0.05, 0) is 17.9 Å². The normalized spacial score (nSPS) is 14.1. The van der Waals surface area contributed by atoms with Crippen LogP contribution in [0, 0.1) is 0 Å². The molecule has 0 saturated heterocycles. The molecule has 2 aromatic rings. The van der Waals surface area contributed by atoms with Crippen LogP contribution in [-0.2, 0) is 0 Å². The molecule has 0 saturated carbocycles. The highest BCUT2D eigenvalue weighted by molar-refractivity contribution is 6.89. The van der Waals surface area contributed by atoms with Crippen molar-refractivity contribution in [3.63, 3.8) is 0 Å². The van der Waals surface area contributed by atoms with Crippen LogP contribution in [0.4, 0.5) is 0 Å². The van der Waals surface area contributed by atoms with Crippen LogP contribution in [0.1, 0.15) is 31.7 Å². The summed E-state index contributed by atoms with van der Waals surface area (Å²) in [5, 5.41) is 2.86. The lowest BCUT2D eigenvalue weighted by Crippen LogP contribution is -2.44. The van der Waals surface area contributed by atoms with E-state index in [0.29, 0.717) is 5.92 Å². The minimum absolute atomic E-state index is 0.641. The fourth-order valence-electron chi connectivity index (χ4n) is 2.35. The molecule has 0 aliphatic rings. The van der Waals surface area contributed by atoms with Crippen molar-refractivity contribution in [3.05, 3.63) is 60.2 Å². The minimum Gasteiger partial charge on any atom is -0.130 e. The third-order valence-corrected chi connectivity index (χ3v) is 7.49. The molecule has 2 rings (SSSR count). The van der Waals surface area contributed by atoms with Gasteiger partial charge in [-0.1, -0.05) is 78.8 Å². The molecule has 2 unspecified atom stereocenters. The predicted molar refractivity (Wildman–Crippen MR) is 88.7 cm³/mol. The Morgan fingerprint density at radius 2 is 1.53 bits per heavy atom. The molecule has 2 atom stereocenters. The summed E-state index contributed by atoms with van der Waals surface area (Å²) in [6, 6.07) is 19.8. The summed E-state index contributed by atoms with van der Waals surface area (Å²) in [4.78, 5) is 0. The van der Waals surface area contributed by atoms with Crippen molar-refractivity contribution in [3.8, 4) is 0 Å². The molecule has 19 heavy (non-hydrogen) atoms. The Balaban J connectivity index is 2.25. The fourth-order valence-corrected chi connectivity index (χ4v) is 5.50. The molecule has 2 aromatic carbocycles. The SMILES string of the molecule is CCC(C)c1ccc([SiH](CCl)c2ccccc2)cc1. The highest BCUT2D eigenvalue weighted by atomic mass is 35.5. The molecule has 0 amide bonds. The second kappa shape index (κ2) is 6.92. The Hall–Kier alpha value is -1.05. The average Bonchev–Trinajstić information content (AvgIpc) is 2.49. The van der Waals surface area contributed by atoms with Gasteiger partial charge in [0.05, 0.1) is 0 Å². The largest absolute Gasteiger partial charge is 0.130 e. The second-order valence-corrected chi connectivity index (χ2v) is 8.77. The Morgan fingerprint density at radius 3 is 2.05 bits per heavy atom. The highest BCUT2D eigenvalue weighted by Gasteiger charge is 2.15. The Morgan fingerprint density at radius 1 is 0.947 bits per heavy atom. The van der Waals surface area contributed by atoms with Gasteiger partial charge in [0.2, 0.25) is 0 Å². The maximum Gasteiger partial charge on any atom is 0.117 e. The molecule has 0 bridgehead atoms. The quantitative estimate of drug-likeness (QED) is 0.585. The van der Waals surface area contributed by atoms with E-state index in [9.17, 15) is 0 Å². The summed E-state index contributed by atoms with van der Waals surface area (Å²) in [5.74, 6) is 0.641.